The predicted molar refractivity (Wildman–Crippen MR) is 68.6 cm³/mol. The Hall–Kier alpha value is -2.22. The normalized spacial score (nSPS) is 11.3. The number of aromatic amines is 1. The van der Waals surface area contributed by atoms with E-state index < -0.39 is 15.7 Å². The zero-order chi connectivity index (χ0) is 14.0. The van der Waals surface area contributed by atoms with Crippen molar-refractivity contribution < 1.29 is 13.2 Å². The minimum absolute atomic E-state index is 0.165. The molecule has 0 spiro atoms. The third kappa shape index (κ3) is 3.16. The number of aryl methyl sites for hydroxylation is 1. The molecule has 100 valence electrons. The minimum Gasteiger partial charge on any atom is -0.289 e. The molecule has 2 rings (SSSR count). The van der Waals surface area contributed by atoms with Crippen molar-refractivity contribution in [2.45, 2.75) is 11.8 Å². The Labute approximate surface area is 110 Å². The highest BCUT2D eigenvalue weighted by Crippen LogP contribution is 2.11. The van der Waals surface area contributed by atoms with Crippen molar-refractivity contribution in [2.24, 2.45) is 0 Å². The van der Waals surface area contributed by atoms with E-state index in [1.54, 1.807) is 6.92 Å². The highest BCUT2D eigenvalue weighted by Gasteiger charge is 2.11. The number of carbonyl (C=O) groups is 1. The minimum atomic E-state index is -3.26. The number of carbonyl (C=O) groups excluding carboxylic acids is 1. The molecule has 1 aromatic heterocycles. The van der Waals surface area contributed by atoms with Gasteiger partial charge in [0.15, 0.2) is 9.84 Å². The fourth-order valence-electron chi connectivity index (χ4n) is 1.43. The number of hydrogen-bond acceptors (Lipinski definition) is 5. The molecule has 0 atom stereocenters. The van der Waals surface area contributed by atoms with Gasteiger partial charge in [-0.3, -0.25) is 15.2 Å². The second kappa shape index (κ2) is 4.81. The summed E-state index contributed by atoms with van der Waals surface area (Å²) in [6.45, 7) is 1.71. The zero-order valence-corrected chi connectivity index (χ0v) is 11.2. The zero-order valence-electron chi connectivity index (χ0n) is 10.3. The first-order valence-electron chi connectivity index (χ1n) is 5.37. The van der Waals surface area contributed by atoms with Crippen LogP contribution in [0.3, 0.4) is 0 Å². The number of nitrogens with zero attached hydrogens (tertiary/aromatic N) is 2. The first-order valence-corrected chi connectivity index (χ1v) is 7.26. The average molecular weight is 280 g/mol. The van der Waals surface area contributed by atoms with Crippen molar-refractivity contribution in [3.05, 3.63) is 35.7 Å². The lowest BCUT2D eigenvalue weighted by molar-refractivity contribution is 0.102. The van der Waals surface area contributed by atoms with E-state index in [1.165, 1.54) is 24.3 Å². The fourth-order valence-corrected chi connectivity index (χ4v) is 2.06. The highest BCUT2D eigenvalue weighted by molar-refractivity contribution is 7.90. The molecule has 1 aromatic carbocycles. The second-order valence-corrected chi connectivity index (χ2v) is 6.01. The third-order valence-corrected chi connectivity index (χ3v) is 3.50. The molecule has 1 heterocycles. The van der Waals surface area contributed by atoms with Crippen LogP contribution in [0.5, 0.6) is 0 Å². The molecule has 8 heteroatoms. The summed E-state index contributed by atoms with van der Waals surface area (Å²) in [6, 6.07) is 5.64. The second-order valence-electron chi connectivity index (χ2n) is 4.00. The first-order chi connectivity index (χ1) is 8.86. The van der Waals surface area contributed by atoms with E-state index in [4.69, 9.17) is 0 Å². The molecular formula is C11H12N4O3S. The van der Waals surface area contributed by atoms with E-state index in [-0.39, 0.29) is 10.8 Å². The standard InChI is InChI=1S/C11H12N4O3S/c1-7-12-11(15-14-7)13-10(16)8-3-5-9(6-4-8)19(2,17)18/h3-6H,1-2H3,(H2,12,13,14,15,16). The van der Waals surface area contributed by atoms with Gasteiger partial charge in [0, 0.05) is 11.8 Å². The molecule has 0 radical (unpaired) electrons. The Morgan fingerprint density at radius 3 is 2.37 bits per heavy atom. The molecule has 2 N–H and O–H groups in total. The number of hydrogen-bond donors (Lipinski definition) is 2. The molecule has 7 nitrogen and oxygen atoms in total. The summed E-state index contributed by atoms with van der Waals surface area (Å²) in [5, 5.41) is 8.87. The smallest absolute Gasteiger partial charge is 0.258 e. The lowest BCUT2D eigenvalue weighted by Gasteiger charge is -2.02. The predicted octanol–water partition coefficient (Wildman–Crippen LogP) is 0.769. The van der Waals surface area contributed by atoms with E-state index in [0.29, 0.717) is 11.4 Å². The molecule has 2 aromatic rings. The largest absolute Gasteiger partial charge is 0.289 e. The van der Waals surface area contributed by atoms with E-state index in [9.17, 15) is 13.2 Å². The maximum atomic E-state index is 11.8. The van der Waals surface area contributed by atoms with Crippen LogP contribution in [0.4, 0.5) is 5.95 Å². The Kier molecular flexibility index (Phi) is 3.34. The van der Waals surface area contributed by atoms with E-state index in [2.05, 4.69) is 20.5 Å². The lowest BCUT2D eigenvalue weighted by Crippen LogP contribution is -2.13. The fraction of sp³-hybridized carbons (Fsp3) is 0.182. The lowest BCUT2D eigenvalue weighted by atomic mass is 10.2. The molecule has 0 unspecified atom stereocenters. The number of anilines is 1. The maximum absolute atomic E-state index is 11.8. The molecule has 19 heavy (non-hydrogen) atoms. The van der Waals surface area contributed by atoms with Gasteiger partial charge in [-0.2, -0.15) is 4.98 Å². The van der Waals surface area contributed by atoms with Gasteiger partial charge >= 0.3 is 0 Å². The van der Waals surface area contributed by atoms with E-state index >= 15 is 0 Å². The SMILES string of the molecule is Cc1nc(NC(=O)c2ccc(S(C)(=O)=O)cc2)n[nH]1. The quantitative estimate of drug-likeness (QED) is 0.864. The van der Waals surface area contributed by atoms with Crippen LogP contribution in [0.25, 0.3) is 0 Å². The topological polar surface area (TPSA) is 105 Å². The van der Waals surface area contributed by atoms with Gasteiger partial charge in [-0.15, -0.1) is 5.10 Å². The van der Waals surface area contributed by atoms with Gasteiger partial charge in [0.25, 0.3) is 5.91 Å². The number of benzene rings is 1. The maximum Gasteiger partial charge on any atom is 0.258 e. The average Bonchev–Trinajstić information content (AvgIpc) is 2.74. The van der Waals surface area contributed by atoms with Crippen LogP contribution in [-0.2, 0) is 9.84 Å². The molecule has 0 fully saturated rings. The van der Waals surface area contributed by atoms with Crippen LogP contribution in [0.2, 0.25) is 0 Å². The summed E-state index contributed by atoms with van der Waals surface area (Å²) in [6.07, 6.45) is 1.11. The first kappa shape index (κ1) is 13.2. The monoisotopic (exact) mass is 280 g/mol. The third-order valence-electron chi connectivity index (χ3n) is 2.37. The van der Waals surface area contributed by atoms with Gasteiger partial charge in [0.05, 0.1) is 4.90 Å². The van der Waals surface area contributed by atoms with Gasteiger partial charge in [0.2, 0.25) is 5.95 Å². The molecule has 0 aliphatic carbocycles. The Morgan fingerprint density at radius 1 is 1.26 bits per heavy atom. The van der Waals surface area contributed by atoms with Crippen LogP contribution in [0.15, 0.2) is 29.2 Å². The summed E-state index contributed by atoms with van der Waals surface area (Å²) in [4.78, 5) is 15.9. The number of nitrogens with one attached hydrogen (secondary N) is 2. The van der Waals surface area contributed by atoms with Crippen molar-refractivity contribution in [1.29, 1.82) is 0 Å². The van der Waals surface area contributed by atoms with Crippen LogP contribution in [0, 0.1) is 6.92 Å². The number of rotatable bonds is 3. The van der Waals surface area contributed by atoms with E-state index in [0.717, 1.165) is 6.26 Å². The van der Waals surface area contributed by atoms with Crippen LogP contribution in [0.1, 0.15) is 16.2 Å². The number of H-pyrrole nitrogens is 1. The van der Waals surface area contributed by atoms with E-state index in [1.807, 2.05) is 0 Å². The van der Waals surface area contributed by atoms with Crippen molar-refractivity contribution in [1.82, 2.24) is 15.2 Å². The molecule has 1 amide bonds. The van der Waals surface area contributed by atoms with Crippen LogP contribution < -0.4 is 5.32 Å². The van der Waals surface area contributed by atoms with Crippen LogP contribution in [-0.4, -0.2) is 35.8 Å². The Balaban J connectivity index is 2.16. The number of aromatic nitrogens is 3. The summed E-state index contributed by atoms with van der Waals surface area (Å²) in [5.41, 5.74) is 0.329. The molecular weight excluding hydrogens is 268 g/mol. The van der Waals surface area contributed by atoms with Gasteiger partial charge in [-0.1, -0.05) is 0 Å². The summed E-state index contributed by atoms with van der Waals surface area (Å²) in [7, 11) is -3.26. The van der Waals surface area contributed by atoms with Crippen molar-refractivity contribution in [3.8, 4) is 0 Å². The van der Waals surface area contributed by atoms with Gasteiger partial charge in [0.1, 0.15) is 5.82 Å². The molecule has 0 aliphatic heterocycles. The number of sulfone groups is 1. The van der Waals surface area contributed by atoms with Gasteiger partial charge in [-0.25, -0.2) is 8.42 Å². The van der Waals surface area contributed by atoms with Gasteiger partial charge in [-0.05, 0) is 31.2 Å². The molecule has 0 saturated carbocycles. The Morgan fingerprint density at radius 2 is 1.89 bits per heavy atom. The molecule has 0 bridgehead atoms. The summed E-state index contributed by atoms with van der Waals surface area (Å²) < 4.78 is 22.6. The van der Waals surface area contributed by atoms with Crippen LogP contribution >= 0.6 is 0 Å². The molecule has 0 aliphatic rings. The summed E-state index contributed by atoms with van der Waals surface area (Å²) >= 11 is 0. The Bertz CT molecular complexity index is 704. The highest BCUT2D eigenvalue weighted by atomic mass is 32.2. The van der Waals surface area contributed by atoms with Crippen molar-refractivity contribution >= 4 is 21.7 Å². The van der Waals surface area contributed by atoms with Crippen molar-refractivity contribution in [2.75, 3.05) is 11.6 Å². The van der Waals surface area contributed by atoms with Crippen molar-refractivity contribution in [3.63, 3.8) is 0 Å². The number of amides is 1. The molecule has 0 saturated heterocycles. The summed E-state index contributed by atoms with van der Waals surface area (Å²) in [5.74, 6) is 0.358. The van der Waals surface area contributed by atoms with Gasteiger partial charge < -0.3 is 0 Å².